The highest BCUT2D eigenvalue weighted by Crippen LogP contribution is 2.26. The van der Waals surface area contributed by atoms with Gasteiger partial charge in [-0.05, 0) is 32.8 Å². The van der Waals surface area contributed by atoms with Crippen LogP contribution in [0, 0.1) is 6.92 Å². The third-order valence-electron chi connectivity index (χ3n) is 2.83. The number of carbonyl (C=O) groups is 1. The van der Waals surface area contributed by atoms with Crippen molar-refractivity contribution in [2.24, 2.45) is 0 Å². The molecule has 2 heterocycles. The Balaban J connectivity index is 2.43. The normalized spacial score (nSPS) is 10.9. The fourth-order valence-electron chi connectivity index (χ4n) is 1.99. The van der Waals surface area contributed by atoms with Crippen LogP contribution in [0.5, 0.6) is 0 Å². The van der Waals surface area contributed by atoms with Crippen molar-refractivity contribution in [3.8, 4) is 0 Å². The first-order chi connectivity index (χ1) is 9.67. The van der Waals surface area contributed by atoms with Gasteiger partial charge in [0.1, 0.15) is 10.3 Å². The van der Waals surface area contributed by atoms with Gasteiger partial charge in [0, 0.05) is 12.8 Å². The lowest BCUT2D eigenvalue weighted by atomic mass is 10.1. The van der Waals surface area contributed by atoms with E-state index in [0.717, 1.165) is 20.9 Å². The third-order valence-corrected chi connectivity index (χ3v) is 3.71. The molecular weight excluding hydrogens is 276 g/mol. The van der Waals surface area contributed by atoms with E-state index in [-0.39, 0.29) is 5.97 Å². The highest BCUT2D eigenvalue weighted by molar-refractivity contribution is 7.18. The Hall–Kier alpha value is -1.53. The molecule has 0 aliphatic rings. The number of rotatable bonds is 6. The van der Waals surface area contributed by atoms with Gasteiger partial charge in [-0.3, -0.25) is 0 Å². The largest absolute Gasteiger partial charge is 0.462 e. The lowest BCUT2D eigenvalue weighted by molar-refractivity contribution is 0.0524. The van der Waals surface area contributed by atoms with E-state index in [1.54, 1.807) is 13.1 Å². The summed E-state index contributed by atoms with van der Waals surface area (Å²) in [5, 5.41) is 0.936. The van der Waals surface area contributed by atoms with Crippen LogP contribution < -0.4 is 0 Å². The maximum absolute atomic E-state index is 12.0. The summed E-state index contributed by atoms with van der Waals surface area (Å²) >= 11 is 1.52. The summed E-state index contributed by atoms with van der Waals surface area (Å²) in [6.07, 6.45) is 2.21. The molecule has 0 fully saturated rings. The Kier molecular flexibility index (Phi) is 5.03. The smallest absolute Gasteiger partial charge is 0.340 e. The van der Waals surface area contributed by atoms with Gasteiger partial charge in [-0.25, -0.2) is 14.8 Å². The van der Waals surface area contributed by atoms with Crippen molar-refractivity contribution < 1.29 is 14.3 Å². The molecule has 0 atom stereocenters. The summed E-state index contributed by atoms with van der Waals surface area (Å²) < 4.78 is 10.5. The summed E-state index contributed by atoms with van der Waals surface area (Å²) in [5.41, 5.74) is 2.15. The van der Waals surface area contributed by atoms with Crippen LogP contribution in [0.15, 0.2) is 6.20 Å². The molecule has 108 valence electrons. The van der Waals surface area contributed by atoms with Crippen LogP contribution in [0.3, 0.4) is 0 Å². The molecule has 6 heteroatoms. The number of hydrogen-bond acceptors (Lipinski definition) is 6. The zero-order chi connectivity index (χ0) is 14.5. The molecule has 2 aromatic rings. The molecule has 5 nitrogen and oxygen atoms in total. The average molecular weight is 294 g/mol. The van der Waals surface area contributed by atoms with Gasteiger partial charge >= 0.3 is 5.97 Å². The Morgan fingerprint density at radius 3 is 2.85 bits per heavy atom. The van der Waals surface area contributed by atoms with Crippen molar-refractivity contribution in [3.63, 3.8) is 0 Å². The van der Waals surface area contributed by atoms with Crippen LogP contribution in [0.4, 0.5) is 0 Å². The third kappa shape index (κ3) is 3.13. The van der Waals surface area contributed by atoms with Gasteiger partial charge in [0.05, 0.1) is 23.8 Å². The zero-order valence-electron chi connectivity index (χ0n) is 11.9. The fraction of sp³-hybridized carbons (Fsp3) is 0.500. The van der Waals surface area contributed by atoms with Gasteiger partial charge in [0.15, 0.2) is 0 Å². The summed E-state index contributed by atoms with van der Waals surface area (Å²) in [6.45, 7) is 7.22. The van der Waals surface area contributed by atoms with Crippen LogP contribution in [-0.4, -0.2) is 35.8 Å². The van der Waals surface area contributed by atoms with Crippen molar-refractivity contribution in [2.45, 2.75) is 27.2 Å². The number of aromatic nitrogens is 2. The molecule has 0 unspecified atom stereocenters. The van der Waals surface area contributed by atoms with Crippen molar-refractivity contribution in [1.29, 1.82) is 0 Å². The van der Waals surface area contributed by atoms with Crippen LogP contribution in [0.1, 0.15) is 34.8 Å². The number of thiazole rings is 1. The lowest BCUT2D eigenvalue weighted by Crippen LogP contribution is -2.11. The highest BCUT2D eigenvalue weighted by atomic mass is 32.1. The van der Waals surface area contributed by atoms with E-state index in [9.17, 15) is 4.79 Å². The van der Waals surface area contributed by atoms with E-state index in [4.69, 9.17) is 9.47 Å². The molecule has 0 saturated carbocycles. The predicted octanol–water partition coefficient (Wildman–Crippen LogP) is 2.76. The Morgan fingerprint density at radius 2 is 2.15 bits per heavy atom. The quantitative estimate of drug-likeness (QED) is 0.605. The number of nitrogens with zero attached hydrogens (tertiary/aromatic N) is 2. The van der Waals surface area contributed by atoms with E-state index in [1.807, 2.05) is 13.8 Å². The van der Waals surface area contributed by atoms with Crippen molar-refractivity contribution in [3.05, 3.63) is 22.3 Å². The molecule has 0 aliphatic carbocycles. The van der Waals surface area contributed by atoms with Gasteiger partial charge in [-0.15, -0.1) is 0 Å². The maximum atomic E-state index is 12.0. The van der Waals surface area contributed by atoms with Gasteiger partial charge < -0.3 is 9.47 Å². The first-order valence-corrected chi connectivity index (χ1v) is 7.48. The predicted molar refractivity (Wildman–Crippen MR) is 78.3 cm³/mol. The van der Waals surface area contributed by atoms with Crippen LogP contribution in [0.2, 0.25) is 0 Å². The Labute approximate surface area is 122 Å². The monoisotopic (exact) mass is 294 g/mol. The molecule has 0 saturated heterocycles. The number of esters is 1. The highest BCUT2D eigenvalue weighted by Gasteiger charge is 2.18. The molecule has 0 aromatic carbocycles. The molecule has 0 spiro atoms. The summed E-state index contributed by atoms with van der Waals surface area (Å²) in [6, 6.07) is 0. The Bertz CT molecular complexity index is 610. The second kappa shape index (κ2) is 6.76. The van der Waals surface area contributed by atoms with Crippen LogP contribution in [0.25, 0.3) is 10.3 Å². The Morgan fingerprint density at radius 1 is 1.35 bits per heavy atom. The molecule has 0 bridgehead atoms. The van der Waals surface area contributed by atoms with Crippen LogP contribution in [-0.2, 0) is 15.9 Å². The second-order valence-corrected chi connectivity index (χ2v) is 5.39. The lowest BCUT2D eigenvalue weighted by Gasteiger charge is -2.09. The molecule has 0 amide bonds. The van der Waals surface area contributed by atoms with E-state index >= 15 is 0 Å². The topological polar surface area (TPSA) is 61.3 Å². The minimum absolute atomic E-state index is 0.345. The number of carbonyl (C=O) groups excluding carboxylic acids is 1. The standard InChI is InChI=1S/C14H18N2O3S/c1-4-18-7-6-10-11(14(17)19-5-2)8-15-13-12(10)16-9(3)20-13/h8H,4-7H2,1-3H3. The molecule has 2 rings (SSSR count). The van der Waals surface area contributed by atoms with Gasteiger partial charge in [0.25, 0.3) is 0 Å². The van der Waals surface area contributed by atoms with E-state index in [0.29, 0.717) is 31.8 Å². The van der Waals surface area contributed by atoms with Crippen molar-refractivity contribution >= 4 is 27.7 Å². The van der Waals surface area contributed by atoms with E-state index in [1.165, 1.54) is 11.3 Å². The summed E-state index contributed by atoms with van der Waals surface area (Å²) in [4.78, 5) is 21.7. The van der Waals surface area contributed by atoms with Crippen LogP contribution >= 0.6 is 11.3 Å². The number of ether oxygens (including phenoxy) is 2. The van der Waals surface area contributed by atoms with Gasteiger partial charge in [0.2, 0.25) is 0 Å². The molecular formula is C14H18N2O3S. The number of fused-ring (bicyclic) bond motifs is 1. The summed E-state index contributed by atoms with van der Waals surface area (Å²) in [7, 11) is 0. The fourth-order valence-corrected chi connectivity index (χ4v) is 2.77. The number of aryl methyl sites for hydroxylation is 1. The molecule has 2 aromatic heterocycles. The minimum atomic E-state index is -0.348. The maximum Gasteiger partial charge on any atom is 0.340 e. The SMILES string of the molecule is CCOCCc1c(C(=O)OCC)cnc2sc(C)nc12. The molecule has 20 heavy (non-hydrogen) atoms. The van der Waals surface area contributed by atoms with Gasteiger partial charge in [-0.1, -0.05) is 11.3 Å². The first kappa shape index (κ1) is 14.9. The molecule has 0 radical (unpaired) electrons. The second-order valence-electron chi connectivity index (χ2n) is 4.20. The number of pyridine rings is 1. The van der Waals surface area contributed by atoms with E-state index in [2.05, 4.69) is 9.97 Å². The molecule has 0 N–H and O–H groups in total. The first-order valence-electron chi connectivity index (χ1n) is 6.67. The van der Waals surface area contributed by atoms with Gasteiger partial charge in [-0.2, -0.15) is 0 Å². The molecule has 0 aliphatic heterocycles. The minimum Gasteiger partial charge on any atom is -0.462 e. The summed E-state index contributed by atoms with van der Waals surface area (Å²) in [5.74, 6) is -0.348. The average Bonchev–Trinajstić information content (AvgIpc) is 2.80. The van der Waals surface area contributed by atoms with Crippen molar-refractivity contribution in [1.82, 2.24) is 9.97 Å². The van der Waals surface area contributed by atoms with E-state index < -0.39 is 0 Å². The zero-order valence-corrected chi connectivity index (χ0v) is 12.7. The number of hydrogen-bond donors (Lipinski definition) is 0. The van der Waals surface area contributed by atoms with Crippen molar-refractivity contribution in [2.75, 3.05) is 19.8 Å².